The zero-order valence-corrected chi connectivity index (χ0v) is 16.5. The van der Waals surface area contributed by atoms with E-state index in [0.29, 0.717) is 18.7 Å². The average Bonchev–Trinajstić information content (AvgIpc) is 2.87. The number of hydrogen-bond acceptors (Lipinski definition) is 4. The second kappa shape index (κ2) is 8.29. The van der Waals surface area contributed by atoms with Gasteiger partial charge >= 0.3 is 0 Å². The molecule has 2 heterocycles. The maximum Gasteiger partial charge on any atom is 0.243 e. The second-order valence-electron chi connectivity index (χ2n) is 6.49. The predicted molar refractivity (Wildman–Crippen MR) is 106 cm³/mol. The van der Waals surface area contributed by atoms with E-state index in [0.717, 1.165) is 30.6 Å². The van der Waals surface area contributed by atoms with Gasteiger partial charge in [-0.2, -0.15) is 4.31 Å². The molecule has 0 saturated carbocycles. The molecule has 1 aliphatic heterocycles. The molecule has 4 nitrogen and oxygen atoms in total. The molecule has 26 heavy (non-hydrogen) atoms. The highest BCUT2D eigenvalue weighted by Crippen LogP contribution is 2.21. The highest BCUT2D eigenvalue weighted by Gasteiger charge is 2.25. The van der Waals surface area contributed by atoms with Crippen molar-refractivity contribution in [3.8, 4) is 0 Å². The van der Waals surface area contributed by atoms with Crippen molar-refractivity contribution >= 4 is 33.2 Å². The second-order valence-corrected chi connectivity index (χ2v) is 9.75. The van der Waals surface area contributed by atoms with Crippen LogP contribution in [0.2, 0.25) is 0 Å². The third-order valence-corrected chi connectivity index (χ3v) is 7.38. The summed E-state index contributed by atoms with van der Waals surface area (Å²) >= 11 is 1.62. The fourth-order valence-electron chi connectivity index (χ4n) is 3.02. The van der Waals surface area contributed by atoms with E-state index in [4.69, 9.17) is 0 Å². The van der Waals surface area contributed by atoms with Crippen LogP contribution in [0.4, 0.5) is 0 Å². The van der Waals surface area contributed by atoms with Gasteiger partial charge in [0, 0.05) is 28.4 Å². The van der Waals surface area contributed by atoms with E-state index >= 15 is 0 Å². The first-order valence-electron chi connectivity index (χ1n) is 8.86. The molecule has 1 saturated heterocycles. The van der Waals surface area contributed by atoms with Crippen LogP contribution in [0, 0.1) is 6.92 Å². The number of sulfonamides is 1. The van der Waals surface area contributed by atoms with Crippen LogP contribution in [0.1, 0.15) is 45.8 Å². The number of nitrogens with zero attached hydrogens (tertiary/aromatic N) is 1. The number of carbonyl (C=O) groups excluding carboxylic acids is 1. The lowest BCUT2D eigenvalue weighted by Crippen LogP contribution is -2.31. The van der Waals surface area contributed by atoms with Crippen LogP contribution in [0.25, 0.3) is 6.08 Å². The van der Waals surface area contributed by atoms with Gasteiger partial charge in [-0.15, -0.1) is 11.3 Å². The molecule has 0 amide bonds. The van der Waals surface area contributed by atoms with Gasteiger partial charge in [-0.05, 0) is 68.3 Å². The van der Waals surface area contributed by atoms with Crippen LogP contribution in [-0.4, -0.2) is 31.6 Å². The molecular weight excluding hydrogens is 366 g/mol. The number of rotatable bonds is 5. The smallest absolute Gasteiger partial charge is 0.243 e. The minimum absolute atomic E-state index is 0.130. The minimum atomic E-state index is -3.47. The summed E-state index contributed by atoms with van der Waals surface area (Å²) in [4.78, 5) is 14.8. The topological polar surface area (TPSA) is 54.5 Å². The maximum atomic E-state index is 12.8. The molecule has 3 rings (SSSR count). The Hall–Kier alpha value is -1.76. The van der Waals surface area contributed by atoms with Gasteiger partial charge in [-0.25, -0.2) is 8.42 Å². The lowest BCUT2D eigenvalue weighted by Gasteiger charge is -2.19. The van der Waals surface area contributed by atoms with Gasteiger partial charge in [-0.1, -0.05) is 12.8 Å². The summed E-state index contributed by atoms with van der Waals surface area (Å²) in [6.45, 7) is 3.17. The first-order valence-corrected chi connectivity index (χ1v) is 11.1. The third kappa shape index (κ3) is 4.50. The zero-order chi connectivity index (χ0) is 18.6. The number of hydrogen-bond donors (Lipinski definition) is 0. The molecule has 1 aliphatic rings. The van der Waals surface area contributed by atoms with Crippen molar-refractivity contribution in [3.05, 3.63) is 57.8 Å². The Morgan fingerprint density at radius 3 is 2.23 bits per heavy atom. The molecule has 1 aromatic heterocycles. The number of thiophene rings is 1. The molecule has 138 valence electrons. The Balaban J connectivity index is 1.73. The van der Waals surface area contributed by atoms with Crippen LogP contribution < -0.4 is 0 Å². The van der Waals surface area contributed by atoms with Crippen molar-refractivity contribution in [2.45, 2.75) is 37.5 Å². The van der Waals surface area contributed by atoms with Crippen molar-refractivity contribution in [2.75, 3.05) is 13.1 Å². The third-order valence-electron chi connectivity index (χ3n) is 4.50. The summed E-state index contributed by atoms with van der Waals surface area (Å²) in [7, 11) is -3.47. The van der Waals surface area contributed by atoms with Gasteiger partial charge in [0.1, 0.15) is 0 Å². The zero-order valence-electron chi connectivity index (χ0n) is 14.8. The fraction of sp³-hybridized carbons (Fsp3) is 0.350. The van der Waals surface area contributed by atoms with E-state index < -0.39 is 10.0 Å². The largest absolute Gasteiger partial charge is 0.289 e. The molecule has 0 atom stereocenters. The van der Waals surface area contributed by atoms with Crippen molar-refractivity contribution in [3.63, 3.8) is 0 Å². The van der Waals surface area contributed by atoms with E-state index in [-0.39, 0.29) is 10.7 Å². The van der Waals surface area contributed by atoms with Gasteiger partial charge in [0.25, 0.3) is 0 Å². The highest BCUT2D eigenvalue weighted by molar-refractivity contribution is 7.89. The van der Waals surface area contributed by atoms with E-state index in [9.17, 15) is 13.2 Å². The highest BCUT2D eigenvalue weighted by atomic mass is 32.2. The van der Waals surface area contributed by atoms with Crippen LogP contribution in [-0.2, 0) is 10.0 Å². The van der Waals surface area contributed by atoms with Crippen molar-refractivity contribution in [2.24, 2.45) is 0 Å². The van der Waals surface area contributed by atoms with Crippen molar-refractivity contribution in [1.29, 1.82) is 0 Å². The van der Waals surface area contributed by atoms with Crippen molar-refractivity contribution < 1.29 is 13.2 Å². The van der Waals surface area contributed by atoms with Gasteiger partial charge < -0.3 is 0 Å². The normalized spacial score (nSPS) is 16.7. The standard InChI is InChI=1S/C20H23NO3S2/c1-16-6-9-18(25-16)10-13-20(22)17-7-11-19(12-8-17)26(23,24)21-14-4-2-3-5-15-21/h6-13H,2-5,14-15H2,1H3. The Morgan fingerprint density at radius 1 is 1.00 bits per heavy atom. The summed E-state index contributed by atoms with van der Waals surface area (Å²) in [5.74, 6) is -0.130. The lowest BCUT2D eigenvalue weighted by molar-refractivity contribution is 0.104. The lowest BCUT2D eigenvalue weighted by atomic mass is 10.1. The first kappa shape index (κ1) is 19.0. The van der Waals surface area contributed by atoms with E-state index in [1.807, 2.05) is 19.1 Å². The van der Waals surface area contributed by atoms with Crippen LogP contribution in [0.5, 0.6) is 0 Å². The molecule has 0 radical (unpaired) electrons. The number of carbonyl (C=O) groups is 1. The molecule has 6 heteroatoms. The monoisotopic (exact) mass is 389 g/mol. The summed E-state index contributed by atoms with van der Waals surface area (Å²) in [5.41, 5.74) is 0.490. The summed E-state index contributed by atoms with van der Waals surface area (Å²) < 4.78 is 27.1. The Labute approximate surface area is 159 Å². The van der Waals surface area contributed by atoms with Gasteiger partial charge in [0.15, 0.2) is 5.78 Å². The van der Waals surface area contributed by atoms with Gasteiger partial charge in [0.2, 0.25) is 10.0 Å². The average molecular weight is 390 g/mol. The Kier molecular flexibility index (Phi) is 6.06. The SMILES string of the molecule is Cc1ccc(C=CC(=O)c2ccc(S(=O)(=O)N3CCCCCC3)cc2)s1. The molecular formula is C20H23NO3S2. The summed E-state index contributed by atoms with van der Waals surface area (Å²) in [5, 5.41) is 0. The minimum Gasteiger partial charge on any atom is -0.289 e. The molecule has 0 aliphatic carbocycles. The number of ketones is 1. The molecule has 2 aromatic rings. The molecule has 1 fully saturated rings. The van der Waals surface area contributed by atoms with E-state index in [1.54, 1.807) is 33.9 Å². The summed E-state index contributed by atoms with van der Waals surface area (Å²) in [6, 6.07) is 10.2. The fourth-order valence-corrected chi connectivity index (χ4v) is 5.32. The van der Waals surface area contributed by atoms with Gasteiger partial charge in [-0.3, -0.25) is 4.79 Å². The summed E-state index contributed by atoms with van der Waals surface area (Å²) in [6.07, 6.45) is 7.29. The van der Waals surface area contributed by atoms with E-state index in [2.05, 4.69) is 0 Å². The van der Waals surface area contributed by atoms with Crippen LogP contribution in [0.3, 0.4) is 0 Å². The number of benzene rings is 1. The van der Waals surface area contributed by atoms with Crippen LogP contribution >= 0.6 is 11.3 Å². The molecule has 0 unspecified atom stereocenters. The molecule has 0 N–H and O–H groups in total. The number of allylic oxidation sites excluding steroid dienone is 1. The molecule has 1 aromatic carbocycles. The van der Waals surface area contributed by atoms with Crippen molar-refractivity contribution in [1.82, 2.24) is 4.31 Å². The molecule has 0 bridgehead atoms. The van der Waals surface area contributed by atoms with Crippen LogP contribution in [0.15, 0.2) is 47.4 Å². The first-order chi connectivity index (χ1) is 12.5. The van der Waals surface area contributed by atoms with E-state index in [1.165, 1.54) is 23.1 Å². The van der Waals surface area contributed by atoms with Gasteiger partial charge in [0.05, 0.1) is 4.90 Å². The predicted octanol–water partition coefficient (Wildman–Crippen LogP) is 4.52. The maximum absolute atomic E-state index is 12.8. The quantitative estimate of drug-likeness (QED) is 0.558. The Morgan fingerprint density at radius 2 is 1.65 bits per heavy atom. The molecule has 0 spiro atoms. The Bertz CT molecular complexity index is 887. The number of aryl methyl sites for hydroxylation is 1.